The Kier molecular flexibility index (Phi) is 4.83. The quantitative estimate of drug-likeness (QED) is 0.634. The molecule has 0 aliphatic heterocycles. The van der Waals surface area contributed by atoms with Gasteiger partial charge in [0.15, 0.2) is 11.6 Å². The molecule has 0 aliphatic rings. The van der Waals surface area contributed by atoms with Crippen LogP contribution in [0, 0.1) is 12.7 Å². The van der Waals surface area contributed by atoms with E-state index in [1.807, 2.05) is 18.2 Å². The van der Waals surface area contributed by atoms with Crippen LogP contribution < -0.4 is 15.8 Å². The predicted octanol–water partition coefficient (Wildman–Crippen LogP) is 3.06. The van der Waals surface area contributed by atoms with Gasteiger partial charge >= 0.3 is 0 Å². The van der Waals surface area contributed by atoms with Crippen molar-refractivity contribution in [2.24, 2.45) is 5.14 Å². The Balaban J connectivity index is 1.88. The van der Waals surface area contributed by atoms with Crippen LogP contribution in [0.5, 0.6) is 0 Å². The molecule has 26 heavy (non-hydrogen) atoms. The van der Waals surface area contributed by atoms with Crippen LogP contribution in [0.4, 0.5) is 27.5 Å². The number of hydrogen-bond acceptors (Lipinski definition) is 6. The summed E-state index contributed by atoms with van der Waals surface area (Å²) in [7, 11) is -3.86. The molecule has 0 spiro atoms. The summed E-state index contributed by atoms with van der Waals surface area (Å²) < 4.78 is 37.2. The van der Waals surface area contributed by atoms with Gasteiger partial charge in [0.05, 0.1) is 11.1 Å². The SMILES string of the molecule is Cc1ccc(Nc2ncc(F)c(Nc3ccccc3)n2)cc1S(N)(=O)=O. The van der Waals surface area contributed by atoms with Crippen molar-refractivity contribution in [2.45, 2.75) is 11.8 Å². The highest BCUT2D eigenvalue weighted by Crippen LogP contribution is 2.23. The fourth-order valence-electron chi connectivity index (χ4n) is 2.29. The summed E-state index contributed by atoms with van der Waals surface area (Å²) in [5.74, 6) is -0.518. The molecule has 1 heterocycles. The molecule has 0 amide bonds. The molecule has 0 unspecified atom stereocenters. The van der Waals surface area contributed by atoms with Crippen molar-refractivity contribution >= 4 is 33.2 Å². The predicted molar refractivity (Wildman–Crippen MR) is 97.5 cm³/mol. The number of halogens is 1. The van der Waals surface area contributed by atoms with E-state index in [-0.39, 0.29) is 16.7 Å². The van der Waals surface area contributed by atoms with Gasteiger partial charge < -0.3 is 10.6 Å². The summed E-state index contributed by atoms with van der Waals surface area (Å²) in [4.78, 5) is 7.95. The molecule has 3 aromatic rings. The summed E-state index contributed by atoms with van der Waals surface area (Å²) in [6.07, 6.45) is 1.02. The van der Waals surface area contributed by atoms with Gasteiger partial charge in [0, 0.05) is 11.4 Å². The number of hydrogen-bond donors (Lipinski definition) is 3. The van der Waals surface area contributed by atoms with Crippen molar-refractivity contribution in [1.29, 1.82) is 0 Å². The van der Waals surface area contributed by atoms with E-state index in [1.165, 1.54) is 6.07 Å². The largest absolute Gasteiger partial charge is 0.338 e. The molecule has 3 rings (SSSR count). The number of nitrogens with one attached hydrogen (secondary N) is 2. The van der Waals surface area contributed by atoms with Gasteiger partial charge in [-0.25, -0.2) is 22.9 Å². The van der Waals surface area contributed by atoms with Crippen LogP contribution in [-0.2, 0) is 10.0 Å². The minimum Gasteiger partial charge on any atom is -0.338 e. The molecule has 9 heteroatoms. The number of aryl methyl sites for hydroxylation is 1. The second kappa shape index (κ2) is 7.06. The highest BCUT2D eigenvalue weighted by atomic mass is 32.2. The number of benzene rings is 2. The number of primary sulfonamides is 1. The summed E-state index contributed by atoms with van der Waals surface area (Å²) in [5.41, 5.74) is 1.60. The number of rotatable bonds is 5. The number of sulfonamides is 1. The third-order valence-corrected chi connectivity index (χ3v) is 4.58. The first-order chi connectivity index (χ1) is 12.3. The smallest absolute Gasteiger partial charge is 0.238 e. The molecule has 2 aromatic carbocycles. The number of anilines is 4. The average molecular weight is 373 g/mol. The number of nitrogens with zero attached hydrogens (tertiary/aromatic N) is 2. The van der Waals surface area contributed by atoms with E-state index in [1.54, 1.807) is 31.2 Å². The monoisotopic (exact) mass is 373 g/mol. The first-order valence-electron chi connectivity index (χ1n) is 7.58. The maximum Gasteiger partial charge on any atom is 0.238 e. The van der Waals surface area contributed by atoms with Crippen LogP contribution in [0.25, 0.3) is 0 Å². The van der Waals surface area contributed by atoms with Gasteiger partial charge in [-0.05, 0) is 36.8 Å². The van der Waals surface area contributed by atoms with E-state index in [9.17, 15) is 12.8 Å². The van der Waals surface area contributed by atoms with E-state index < -0.39 is 15.8 Å². The zero-order valence-corrected chi connectivity index (χ0v) is 14.6. The van der Waals surface area contributed by atoms with Crippen LogP contribution >= 0.6 is 0 Å². The van der Waals surface area contributed by atoms with Gasteiger partial charge in [-0.3, -0.25) is 0 Å². The van der Waals surface area contributed by atoms with Crippen LogP contribution in [0.15, 0.2) is 59.6 Å². The Morgan fingerprint density at radius 2 is 1.77 bits per heavy atom. The highest BCUT2D eigenvalue weighted by Gasteiger charge is 2.13. The van der Waals surface area contributed by atoms with E-state index in [0.717, 1.165) is 6.20 Å². The topological polar surface area (TPSA) is 110 Å². The minimum atomic E-state index is -3.86. The summed E-state index contributed by atoms with van der Waals surface area (Å²) in [6, 6.07) is 13.6. The Morgan fingerprint density at radius 3 is 2.46 bits per heavy atom. The van der Waals surface area contributed by atoms with Gasteiger partial charge in [0.25, 0.3) is 0 Å². The molecular formula is C17H16FN5O2S. The Bertz CT molecular complexity index is 1040. The van der Waals surface area contributed by atoms with Crippen molar-refractivity contribution < 1.29 is 12.8 Å². The average Bonchev–Trinajstić information content (AvgIpc) is 2.59. The van der Waals surface area contributed by atoms with E-state index >= 15 is 0 Å². The molecule has 0 aliphatic carbocycles. The lowest BCUT2D eigenvalue weighted by Crippen LogP contribution is -2.14. The summed E-state index contributed by atoms with van der Waals surface area (Å²) in [6.45, 7) is 1.64. The molecule has 4 N–H and O–H groups in total. The first-order valence-corrected chi connectivity index (χ1v) is 9.12. The normalized spacial score (nSPS) is 11.2. The van der Waals surface area contributed by atoms with Gasteiger partial charge in [-0.1, -0.05) is 24.3 Å². The van der Waals surface area contributed by atoms with E-state index in [4.69, 9.17) is 5.14 Å². The number of nitrogens with two attached hydrogens (primary N) is 1. The van der Waals surface area contributed by atoms with Crippen LogP contribution in [0.1, 0.15) is 5.56 Å². The molecule has 0 radical (unpaired) electrons. The molecule has 7 nitrogen and oxygen atoms in total. The van der Waals surface area contributed by atoms with Gasteiger partial charge in [-0.15, -0.1) is 0 Å². The van der Waals surface area contributed by atoms with E-state index in [2.05, 4.69) is 20.6 Å². The third kappa shape index (κ3) is 4.13. The van der Waals surface area contributed by atoms with Crippen molar-refractivity contribution in [3.8, 4) is 0 Å². The van der Waals surface area contributed by atoms with Crippen molar-refractivity contribution in [3.63, 3.8) is 0 Å². The zero-order valence-electron chi connectivity index (χ0n) is 13.8. The molecular weight excluding hydrogens is 357 g/mol. The Hall–Kier alpha value is -3.04. The zero-order chi connectivity index (χ0) is 18.7. The Labute approximate surface area is 150 Å². The van der Waals surface area contributed by atoms with Gasteiger partial charge in [-0.2, -0.15) is 4.98 Å². The molecule has 0 saturated carbocycles. The van der Waals surface area contributed by atoms with Gasteiger partial charge in [0.1, 0.15) is 0 Å². The molecule has 1 aromatic heterocycles. The highest BCUT2D eigenvalue weighted by molar-refractivity contribution is 7.89. The van der Waals surface area contributed by atoms with Gasteiger partial charge in [0.2, 0.25) is 16.0 Å². The minimum absolute atomic E-state index is 0.00696. The van der Waals surface area contributed by atoms with Crippen molar-refractivity contribution in [1.82, 2.24) is 9.97 Å². The number of para-hydroxylation sites is 1. The fraction of sp³-hybridized carbons (Fsp3) is 0.0588. The molecule has 0 saturated heterocycles. The standard InChI is InChI=1S/C17H16FN5O2S/c1-11-7-8-13(9-15(11)26(19,24)25)22-17-20-10-14(18)16(23-17)21-12-5-3-2-4-6-12/h2-10H,1H3,(H2,19,24,25)(H2,20,21,22,23). The molecule has 0 bridgehead atoms. The first kappa shape index (κ1) is 17.8. The lowest BCUT2D eigenvalue weighted by Gasteiger charge is -2.11. The second-order valence-electron chi connectivity index (χ2n) is 5.53. The van der Waals surface area contributed by atoms with Crippen molar-refractivity contribution in [2.75, 3.05) is 10.6 Å². The maximum atomic E-state index is 14.0. The lowest BCUT2D eigenvalue weighted by atomic mass is 10.2. The Morgan fingerprint density at radius 1 is 1.04 bits per heavy atom. The van der Waals surface area contributed by atoms with Crippen molar-refractivity contribution in [3.05, 3.63) is 66.1 Å². The lowest BCUT2D eigenvalue weighted by molar-refractivity contribution is 0.597. The number of aromatic nitrogens is 2. The van der Waals surface area contributed by atoms with E-state index in [0.29, 0.717) is 16.9 Å². The van der Waals surface area contributed by atoms with Crippen LogP contribution in [0.3, 0.4) is 0 Å². The summed E-state index contributed by atoms with van der Waals surface area (Å²) >= 11 is 0. The second-order valence-corrected chi connectivity index (χ2v) is 7.06. The van der Waals surface area contributed by atoms with Crippen LogP contribution in [-0.4, -0.2) is 18.4 Å². The van der Waals surface area contributed by atoms with Crippen LogP contribution in [0.2, 0.25) is 0 Å². The summed E-state index contributed by atoms with van der Waals surface area (Å²) in [5, 5.41) is 10.9. The molecule has 0 fully saturated rings. The maximum absolute atomic E-state index is 14.0. The third-order valence-electron chi connectivity index (χ3n) is 3.53. The fourth-order valence-corrected chi connectivity index (χ4v) is 3.09. The molecule has 0 atom stereocenters. The molecule has 134 valence electrons.